The third-order valence-electron chi connectivity index (χ3n) is 5.01. The molecule has 0 aromatic heterocycles. The highest BCUT2D eigenvalue weighted by Gasteiger charge is 2.27. The van der Waals surface area contributed by atoms with Crippen LogP contribution in [0, 0.1) is 10.1 Å². The number of carbonyl (C=O) groups excluding carboxylic acids is 2. The summed E-state index contributed by atoms with van der Waals surface area (Å²) in [6.45, 7) is 4.65. The molecule has 2 amide bonds. The van der Waals surface area contributed by atoms with Gasteiger partial charge >= 0.3 is 0 Å². The van der Waals surface area contributed by atoms with E-state index in [1.54, 1.807) is 25.1 Å². The quantitative estimate of drug-likeness (QED) is 0.348. The zero-order valence-corrected chi connectivity index (χ0v) is 17.5. The van der Waals surface area contributed by atoms with Gasteiger partial charge in [-0.05, 0) is 25.3 Å². The van der Waals surface area contributed by atoms with Crippen molar-refractivity contribution in [1.29, 1.82) is 0 Å². The van der Waals surface area contributed by atoms with Crippen LogP contribution in [0.4, 0.5) is 5.69 Å². The Kier molecular flexibility index (Phi) is 9.00. The van der Waals surface area contributed by atoms with Crippen molar-refractivity contribution in [3.05, 3.63) is 75.8 Å². The van der Waals surface area contributed by atoms with Gasteiger partial charge in [0.1, 0.15) is 6.04 Å². The molecule has 7 heteroatoms. The van der Waals surface area contributed by atoms with Gasteiger partial charge in [-0.25, -0.2) is 0 Å². The Balaban J connectivity index is 2.17. The van der Waals surface area contributed by atoms with E-state index in [4.69, 9.17) is 0 Å². The van der Waals surface area contributed by atoms with Crippen molar-refractivity contribution in [2.24, 2.45) is 0 Å². The van der Waals surface area contributed by atoms with Crippen molar-refractivity contribution >= 4 is 17.5 Å². The van der Waals surface area contributed by atoms with Gasteiger partial charge in [0, 0.05) is 24.7 Å². The molecule has 0 unspecified atom stereocenters. The summed E-state index contributed by atoms with van der Waals surface area (Å²) in [7, 11) is 0. The lowest BCUT2D eigenvalue weighted by molar-refractivity contribution is -0.385. The standard InChI is InChI=1S/C23H29N3O4/c1-3-4-15-24-23(28)18(2)25(16-14-19-10-6-5-7-11-19)22(27)17-20-12-8-9-13-21(20)26(29)30/h5-13,18H,3-4,14-17H2,1-2H3,(H,24,28)/t18-/m0/s1. The van der Waals surface area contributed by atoms with Gasteiger partial charge in [-0.1, -0.05) is 61.9 Å². The molecule has 2 aromatic rings. The zero-order valence-electron chi connectivity index (χ0n) is 17.5. The molecule has 2 aromatic carbocycles. The summed E-state index contributed by atoms with van der Waals surface area (Å²) >= 11 is 0. The number of rotatable bonds is 11. The van der Waals surface area contributed by atoms with Gasteiger partial charge in [0.2, 0.25) is 11.8 Å². The number of nitrogens with one attached hydrogen (secondary N) is 1. The van der Waals surface area contributed by atoms with Crippen molar-refractivity contribution in [2.45, 2.75) is 45.6 Å². The van der Waals surface area contributed by atoms with Crippen LogP contribution in [0.1, 0.15) is 37.8 Å². The molecule has 0 spiro atoms. The lowest BCUT2D eigenvalue weighted by Gasteiger charge is -2.29. The SMILES string of the molecule is CCCCNC(=O)[C@H](C)N(CCc1ccccc1)C(=O)Cc1ccccc1[N+](=O)[O-]. The zero-order chi connectivity index (χ0) is 21.9. The van der Waals surface area contributed by atoms with E-state index in [0.717, 1.165) is 18.4 Å². The van der Waals surface area contributed by atoms with Gasteiger partial charge in [-0.2, -0.15) is 0 Å². The van der Waals surface area contributed by atoms with E-state index in [2.05, 4.69) is 5.32 Å². The fourth-order valence-corrected chi connectivity index (χ4v) is 3.21. The van der Waals surface area contributed by atoms with E-state index < -0.39 is 11.0 Å². The molecule has 0 saturated heterocycles. The van der Waals surface area contributed by atoms with Gasteiger partial charge in [0.25, 0.3) is 5.69 Å². The number of hydrogen-bond acceptors (Lipinski definition) is 4. The molecular weight excluding hydrogens is 382 g/mol. The van der Waals surface area contributed by atoms with E-state index in [-0.39, 0.29) is 23.9 Å². The Morgan fingerprint density at radius 3 is 2.43 bits per heavy atom. The minimum absolute atomic E-state index is 0.0890. The van der Waals surface area contributed by atoms with Crippen LogP contribution in [0.5, 0.6) is 0 Å². The van der Waals surface area contributed by atoms with Crippen molar-refractivity contribution in [2.75, 3.05) is 13.1 Å². The minimum atomic E-state index is -0.666. The van der Waals surface area contributed by atoms with Crippen LogP contribution in [0.3, 0.4) is 0 Å². The molecule has 7 nitrogen and oxygen atoms in total. The normalized spacial score (nSPS) is 11.5. The number of nitro benzene ring substituents is 1. The molecule has 0 fully saturated rings. The van der Waals surface area contributed by atoms with Gasteiger partial charge in [-0.3, -0.25) is 19.7 Å². The first-order valence-corrected chi connectivity index (χ1v) is 10.3. The minimum Gasteiger partial charge on any atom is -0.354 e. The van der Waals surface area contributed by atoms with Crippen LogP contribution in [0.15, 0.2) is 54.6 Å². The van der Waals surface area contributed by atoms with Crippen LogP contribution < -0.4 is 5.32 Å². The molecular formula is C23H29N3O4. The van der Waals surface area contributed by atoms with E-state index >= 15 is 0 Å². The molecule has 1 atom stereocenters. The average Bonchev–Trinajstić information content (AvgIpc) is 2.74. The van der Waals surface area contributed by atoms with Crippen molar-refractivity contribution in [1.82, 2.24) is 10.2 Å². The average molecular weight is 412 g/mol. The number of carbonyl (C=O) groups is 2. The van der Waals surface area contributed by atoms with Gasteiger partial charge in [0.15, 0.2) is 0 Å². The fraction of sp³-hybridized carbons (Fsp3) is 0.391. The van der Waals surface area contributed by atoms with E-state index in [1.165, 1.54) is 11.0 Å². The smallest absolute Gasteiger partial charge is 0.273 e. The number of unbranched alkanes of at least 4 members (excludes halogenated alkanes) is 1. The summed E-state index contributed by atoms with van der Waals surface area (Å²) in [4.78, 5) is 38.0. The predicted molar refractivity (Wildman–Crippen MR) is 116 cm³/mol. The summed E-state index contributed by atoms with van der Waals surface area (Å²) < 4.78 is 0. The van der Waals surface area contributed by atoms with Crippen LogP contribution >= 0.6 is 0 Å². The number of hydrogen-bond donors (Lipinski definition) is 1. The van der Waals surface area contributed by atoms with Crippen LogP contribution in [0.25, 0.3) is 0 Å². The number of nitrogens with zero attached hydrogens (tertiary/aromatic N) is 2. The maximum absolute atomic E-state index is 13.1. The molecule has 0 aliphatic heterocycles. The fourth-order valence-electron chi connectivity index (χ4n) is 3.21. The third kappa shape index (κ3) is 6.69. The number of para-hydroxylation sites is 1. The summed E-state index contributed by atoms with van der Waals surface area (Å²) in [6.07, 6.45) is 2.30. The number of nitro groups is 1. The monoisotopic (exact) mass is 411 g/mol. The lowest BCUT2D eigenvalue weighted by Crippen LogP contribution is -2.49. The first kappa shape index (κ1) is 23.1. The van der Waals surface area contributed by atoms with E-state index in [1.807, 2.05) is 37.3 Å². The maximum atomic E-state index is 13.1. The summed E-state index contributed by atoms with van der Waals surface area (Å²) in [5.41, 5.74) is 1.31. The van der Waals surface area contributed by atoms with Gasteiger partial charge < -0.3 is 10.2 Å². The first-order valence-electron chi connectivity index (χ1n) is 10.3. The Morgan fingerprint density at radius 1 is 1.10 bits per heavy atom. The molecule has 0 heterocycles. The highest BCUT2D eigenvalue weighted by Crippen LogP contribution is 2.19. The lowest BCUT2D eigenvalue weighted by atomic mass is 10.1. The molecule has 0 radical (unpaired) electrons. The molecule has 2 rings (SSSR count). The number of benzene rings is 2. The molecule has 1 N–H and O–H groups in total. The predicted octanol–water partition coefficient (Wildman–Crippen LogP) is 3.51. The Hall–Kier alpha value is -3.22. The maximum Gasteiger partial charge on any atom is 0.273 e. The summed E-state index contributed by atoms with van der Waals surface area (Å²) in [6, 6.07) is 15.3. The summed E-state index contributed by atoms with van der Waals surface area (Å²) in [5.74, 6) is -0.522. The van der Waals surface area contributed by atoms with Crippen molar-refractivity contribution in [3.63, 3.8) is 0 Å². The third-order valence-corrected chi connectivity index (χ3v) is 5.01. The largest absolute Gasteiger partial charge is 0.354 e. The topological polar surface area (TPSA) is 92.6 Å². The highest BCUT2D eigenvalue weighted by molar-refractivity contribution is 5.88. The van der Waals surface area contributed by atoms with Crippen LogP contribution in [-0.4, -0.2) is 40.8 Å². The number of amides is 2. The molecule has 0 aliphatic carbocycles. The molecule has 0 saturated carbocycles. The van der Waals surface area contributed by atoms with Gasteiger partial charge in [0.05, 0.1) is 11.3 Å². The Labute approximate surface area is 177 Å². The highest BCUT2D eigenvalue weighted by atomic mass is 16.6. The second kappa shape index (κ2) is 11.7. The first-order chi connectivity index (χ1) is 14.4. The molecule has 160 valence electrons. The summed E-state index contributed by atoms with van der Waals surface area (Å²) in [5, 5.41) is 14.2. The second-order valence-electron chi connectivity index (χ2n) is 7.21. The van der Waals surface area contributed by atoms with E-state index in [9.17, 15) is 19.7 Å². The Bertz CT molecular complexity index is 855. The molecule has 0 bridgehead atoms. The molecule has 0 aliphatic rings. The second-order valence-corrected chi connectivity index (χ2v) is 7.21. The van der Waals surface area contributed by atoms with Crippen molar-refractivity contribution < 1.29 is 14.5 Å². The van der Waals surface area contributed by atoms with Crippen LogP contribution in [-0.2, 0) is 22.4 Å². The Morgan fingerprint density at radius 2 is 1.77 bits per heavy atom. The van der Waals surface area contributed by atoms with Gasteiger partial charge in [-0.15, -0.1) is 0 Å². The molecule has 30 heavy (non-hydrogen) atoms. The van der Waals surface area contributed by atoms with E-state index in [0.29, 0.717) is 25.1 Å². The van der Waals surface area contributed by atoms with Crippen molar-refractivity contribution in [3.8, 4) is 0 Å². The van der Waals surface area contributed by atoms with Crippen LogP contribution in [0.2, 0.25) is 0 Å².